The van der Waals surface area contributed by atoms with Gasteiger partial charge in [0.05, 0.1) is 11.9 Å². The van der Waals surface area contributed by atoms with Gasteiger partial charge in [0, 0.05) is 18.0 Å². The van der Waals surface area contributed by atoms with Crippen LogP contribution >= 0.6 is 0 Å². The summed E-state index contributed by atoms with van der Waals surface area (Å²) in [7, 11) is 0. The number of rotatable bonds is 3. The van der Waals surface area contributed by atoms with Crippen LogP contribution in [0.3, 0.4) is 0 Å². The van der Waals surface area contributed by atoms with Crippen LogP contribution < -0.4 is 10.6 Å². The fourth-order valence-corrected chi connectivity index (χ4v) is 1.53. The van der Waals surface area contributed by atoms with Crippen molar-refractivity contribution in [3.05, 3.63) is 48.4 Å². The molecule has 0 aliphatic rings. The number of anilines is 2. The molecule has 2 amide bonds. The predicted molar refractivity (Wildman–Crippen MR) is 71.1 cm³/mol. The van der Waals surface area contributed by atoms with E-state index in [4.69, 9.17) is 0 Å². The van der Waals surface area contributed by atoms with Gasteiger partial charge in [0.1, 0.15) is 0 Å². The van der Waals surface area contributed by atoms with E-state index in [1.165, 1.54) is 25.5 Å². The van der Waals surface area contributed by atoms with E-state index in [1.54, 1.807) is 24.3 Å². The van der Waals surface area contributed by atoms with Crippen LogP contribution in [0.1, 0.15) is 17.3 Å². The lowest BCUT2D eigenvalue weighted by atomic mass is 10.1. The Labute approximate surface area is 109 Å². The van der Waals surface area contributed by atoms with Crippen LogP contribution in [0.5, 0.6) is 0 Å². The van der Waals surface area contributed by atoms with Crippen LogP contribution in [0.25, 0.3) is 0 Å². The molecule has 0 unspecified atom stereocenters. The van der Waals surface area contributed by atoms with Crippen LogP contribution in [0.2, 0.25) is 0 Å². The number of nitrogens with one attached hydrogen (secondary N) is 2. The second-order valence-electron chi connectivity index (χ2n) is 3.77. The van der Waals surface area contributed by atoms with Gasteiger partial charge in [-0.25, -0.2) is 9.78 Å². The monoisotopic (exact) mass is 256 g/mol. The molecule has 96 valence electrons. The SMILES string of the molecule is CC(=O)c1ccccc1NC(=O)Nc1cnccn1. The van der Waals surface area contributed by atoms with Gasteiger partial charge >= 0.3 is 6.03 Å². The topological polar surface area (TPSA) is 84.0 Å². The van der Waals surface area contributed by atoms with E-state index in [-0.39, 0.29) is 5.78 Å². The summed E-state index contributed by atoms with van der Waals surface area (Å²) in [6.45, 7) is 1.45. The van der Waals surface area contributed by atoms with Gasteiger partial charge in [-0.2, -0.15) is 0 Å². The number of Topliss-reactive ketones (excluding diaryl/α,β-unsaturated/α-hetero) is 1. The summed E-state index contributed by atoms with van der Waals surface area (Å²) in [5, 5.41) is 5.12. The van der Waals surface area contributed by atoms with Gasteiger partial charge in [-0.15, -0.1) is 0 Å². The van der Waals surface area contributed by atoms with Gasteiger partial charge in [0.25, 0.3) is 0 Å². The van der Waals surface area contributed by atoms with Gasteiger partial charge in [0.2, 0.25) is 0 Å². The molecule has 19 heavy (non-hydrogen) atoms. The number of nitrogens with zero attached hydrogens (tertiary/aromatic N) is 2. The number of urea groups is 1. The molecule has 2 aromatic rings. The zero-order valence-electron chi connectivity index (χ0n) is 10.3. The molecule has 0 saturated heterocycles. The van der Waals surface area contributed by atoms with Crippen molar-refractivity contribution in [2.24, 2.45) is 0 Å². The van der Waals surface area contributed by atoms with E-state index < -0.39 is 6.03 Å². The molecule has 0 spiro atoms. The van der Waals surface area contributed by atoms with Gasteiger partial charge < -0.3 is 5.32 Å². The normalized spacial score (nSPS) is 9.74. The molecule has 6 nitrogen and oxygen atoms in total. The Morgan fingerprint density at radius 1 is 1.11 bits per heavy atom. The molecule has 0 radical (unpaired) electrons. The number of hydrogen-bond donors (Lipinski definition) is 2. The van der Waals surface area contributed by atoms with Crippen LogP contribution in [0.15, 0.2) is 42.9 Å². The molecule has 0 fully saturated rings. The minimum atomic E-state index is -0.478. The third-order valence-electron chi connectivity index (χ3n) is 2.36. The Bertz CT molecular complexity index is 599. The third kappa shape index (κ3) is 3.35. The first-order valence-electron chi connectivity index (χ1n) is 5.61. The van der Waals surface area contributed by atoms with E-state index in [9.17, 15) is 9.59 Å². The molecule has 0 atom stereocenters. The van der Waals surface area contributed by atoms with Crippen LogP contribution in [0.4, 0.5) is 16.3 Å². The molecule has 0 aliphatic heterocycles. The first kappa shape index (κ1) is 12.7. The van der Waals surface area contributed by atoms with E-state index in [0.29, 0.717) is 17.1 Å². The van der Waals surface area contributed by atoms with E-state index in [1.807, 2.05) is 0 Å². The van der Waals surface area contributed by atoms with Gasteiger partial charge in [-0.1, -0.05) is 12.1 Å². The lowest BCUT2D eigenvalue weighted by molar-refractivity contribution is 0.101. The van der Waals surface area contributed by atoms with Crippen LogP contribution in [-0.4, -0.2) is 21.8 Å². The quantitative estimate of drug-likeness (QED) is 0.825. The summed E-state index contributed by atoms with van der Waals surface area (Å²) in [5.41, 5.74) is 0.910. The summed E-state index contributed by atoms with van der Waals surface area (Å²) >= 11 is 0. The lowest BCUT2D eigenvalue weighted by Gasteiger charge is -2.09. The average molecular weight is 256 g/mol. The maximum absolute atomic E-state index is 11.8. The number of carbonyl (C=O) groups is 2. The number of para-hydroxylation sites is 1. The van der Waals surface area contributed by atoms with Crippen molar-refractivity contribution in [1.82, 2.24) is 9.97 Å². The van der Waals surface area contributed by atoms with E-state index in [2.05, 4.69) is 20.6 Å². The smallest absolute Gasteiger partial charge is 0.307 e. The van der Waals surface area contributed by atoms with Crippen molar-refractivity contribution in [3.63, 3.8) is 0 Å². The Balaban J connectivity index is 2.09. The summed E-state index contributed by atoms with van der Waals surface area (Å²) in [6.07, 6.45) is 4.41. The number of carbonyl (C=O) groups excluding carboxylic acids is 2. The van der Waals surface area contributed by atoms with Crippen molar-refractivity contribution < 1.29 is 9.59 Å². The standard InChI is InChI=1S/C13H12N4O2/c1-9(18)10-4-2-3-5-11(10)16-13(19)17-12-8-14-6-7-15-12/h2-8H,1H3,(H2,15,16,17,19). The fourth-order valence-electron chi connectivity index (χ4n) is 1.53. The average Bonchev–Trinajstić information content (AvgIpc) is 2.40. The third-order valence-corrected chi connectivity index (χ3v) is 2.36. The number of ketones is 1. The molecule has 0 aliphatic carbocycles. The van der Waals surface area contributed by atoms with Crippen molar-refractivity contribution >= 4 is 23.3 Å². The second kappa shape index (κ2) is 5.72. The maximum atomic E-state index is 11.8. The molecule has 1 aromatic heterocycles. The van der Waals surface area contributed by atoms with Gasteiger partial charge in [-0.3, -0.25) is 15.1 Å². The molecular formula is C13H12N4O2. The first-order valence-corrected chi connectivity index (χ1v) is 5.61. The van der Waals surface area contributed by atoms with Crippen molar-refractivity contribution in [2.45, 2.75) is 6.92 Å². The zero-order valence-corrected chi connectivity index (χ0v) is 10.3. The highest BCUT2D eigenvalue weighted by molar-refractivity contribution is 6.06. The highest BCUT2D eigenvalue weighted by atomic mass is 16.2. The maximum Gasteiger partial charge on any atom is 0.324 e. The molecule has 1 aromatic carbocycles. The minimum absolute atomic E-state index is 0.115. The Kier molecular flexibility index (Phi) is 3.82. The first-order chi connectivity index (χ1) is 9.16. The fraction of sp³-hybridized carbons (Fsp3) is 0.0769. The molecule has 2 N–H and O–H groups in total. The summed E-state index contributed by atoms with van der Waals surface area (Å²) in [4.78, 5) is 30.9. The van der Waals surface area contributed by atoms with Crippen LogP contribution in [-0.2, 0) is 0 Å². The Morgan fingerprint density at radius 2 is 1.89 bits per heavy atom. The van der Waals surface area contributed by atoms with E-state index in [0.717, 1.165) is 0 Å². The summed E-state index contributed by atoms with van der Waals surface area (Å²) < 4.78 is 0. The molecule has 0 bridgehead atoms. The molecular weight excluding hydrogens is 244 g/mol. The van der Waals surface area contributed by atoms with Gasteiger partial charge in [-0.05, 0) is 19.1 Å². The van der Waals surface area contributed by atoms with Crippen molar-refractivity contribution in [2.75, 3.05) is 10.6 Å². The van der Waals surface area contributed by atoms with Gasteiger partial charge in [0.15, 0.2) is 11.6 Å². The van der Waals surface area contributed by atoms with Crippen molar-refractivity contribution in [1.29, 1.82) is 0 Å². The number of benzene rings is 1. The minimum Gasteiger partial charge on any atom is -0.307 e. The molecule has 0 saturated carbocycles. The highest BCUT2D eigenvalue weighted by Crippen LogP contribution is 2.15. The summed E-state index contributed by atoms with van der Waals surface area (Å²) in [6, 6.07) is 6.31. The largest absolute Gasteiger partial charge is 0.324 e. The second-order valence-corrected chi connectivity index (χ2v) is 3.77. The Morgan fingerprint density at radius 3 is 2.58 bits per heavy atom. The Hall–Kier alpha value is -2.76. The number of aromatic nitrogens is 2. The number of amides is 2. The molecule has 6 heteroatoms. The molecule has 2 rings (SSSR count). The predicted octanol–water partition coefficient (Wildman–Crippen LogP) is 2.32. The van der Waals surface area contributed by atoms with E-state index >= 15 is 0 Å². The molecule has 1 heterocycles. The van der Waals surface area contributed by atoms with Crippen molar-refractivity contribution in [3.8, 4) is 0 Å². The lowest BCUT2D eigenvalue weighted by Crippen LogP contribution is -2.21. The summed E-state index contributed by atoms with van der Waals surface area (Å²) in [5.74, 6) is 0.218. The van der Waals surface area contributed by atoms with Crippen LogP contribution in [0, 0.1) is 0 Å². The zero-order chi connectivity index (χ0) is 13.7. The highest BCUT2D eigenvalue weighted by Gasteiger charge is 2.09. The number of hydrogen-bond acceptors (Lipinski definition) is 4.